The van der Waals surface area contributed by atoms with E-state index in [4.69, 9.17) is 10.2 Å². The lowest BCUT2D eigenvalue weighted by atomic mass is 10.1. The minimum atomic E-state index is -0.579. The first-order chi connectivity index (χ1) is 16.5. The Hall–Kier alpha value is -3.40. The van der Waals surface area contributed by atoms with Gasteiger partial charge in [0.25, 0.3) is 11.8 Å². The number of hydroxylamine groups is 1. The molecule has 2 heterocycles. The van der Waals surface area contributed by atoms with E-state index in [1.54, 1.807) is 52.4 Å². The van der Waals surface area contributed by atoms with E-state index in [2.05, 4.69) is 22.4 Å². The fourth-order valence-electron chi connectivity index (χ4n) is 3.65. The number of aromatic nitrogens is 2. The highest BCUT2D eigenvalue weighted by atomic mass is 32.1. The topological polar surface area (TPSA) is 104 Å². The van der Waals surface area contributed by atoms with Gasteiger partial charge in [0.15, 0.2) is 10.0 Å². The molecule has 4 aromatic rings. The van der Waals surface area contributed by atoms with E-state index in [0.717, 1.165) is 43.7 Å². The predicted molar refractivity (Wildman–Crippen MR) is 132 cm³/mol. The van der Waals surface area contributed by atoms with Crippen LogP contribution in [0.2, 0.25) is 0 Å². The summed E-state index contributed by atoms with van der Waals surface area (Å²) in [5, 5.41) is 13.4. The summed E-state index contributed by atoms with van der Waals surface area (Å²) in [7, 11) is 0. The maximum Gasteiger partial charge on any atom is 0.274 e. The van der Waals surface area contributed by atoms with Crippen molar-refractivity contribution in [3.8, 4) is 20.5 Å². The van der Waals surface area contributed by atoms with Crippen LogP contribution in [0.4, 0.5) is 0 Å². The largest absolute Gasteiger partial charge is 0.344 e. The van der Waals surface area contributed by atoms with Gasteiger partial charge in [0.1, 0.15) is 5.69 Å². The van der Waals surface area contributed by atoms with Crippen LogP contribution in [0.3, 0.4) is 0 Å². The van der Waals surface area contributed by atoms with Gasteiger partial charge < -0.3 is 5.32 Å². The van der Waals surface area contributed by atoms with Gasteiger partial charge in [0.2, 0.25) is 0 Å². The predicted octanol–water partition coefficient (Wildman–Crippen LogP) is 5.42. The van der Waals surface area contributed by atoms with Crippen molar-refractivity contribution in [2.45, 2.75) is 31.7 Å². The van der Waals surface area contributed by atoms with Crippen molar-refractivity contribution in [2.24, 2.45) is 0 Å². The second kappa shape index (κ2) is 9.46. The monoisotopic (exact) mass is 490 g/mol. The van der Waals surface area contributed by atoms with Crippen LogP contribution in [0.5, 0.6) is 0 Å². The number of carbonyl (C=O) groups is 2. The summed E-state index contributed by atoms with van der Waals surface area (Å²) in [6, 6.07) is 16.5. The van der Waals surface area contributed by atoms with Gasteiger partial charge in [-0.2, -0.15) is 0 Å². The molecule has 9 heteroatoms. The highest BCUT2D eigenvalue weighted by Crippen LogP contribution is 2.47. The third-order valence-electron chi connectivity index (χ3n) is 5.69. The molecule has 1 aliphatic carbocycles. The molecule has 0 saturated heterocycles. The number of amides is 2. The van der Waals surface area contributed by atoms with Crippen molar-refractivity contribution in [2.75, 3.05) is 0 Å². The van der Waals surface area contributed by atoms with Crippen molar-refractivity contribution in [1.29, 1.82) is 0 Å². The van der Waals surface area contributed by atoms with E-state index in [0.29, 0.717) is 17.2 Å². The summed E-state index contributed by atoms with van der Waals surface area (Å²) in [4.78, 5) is 36.1. The Labute approximate surface area is 204 Å². The lowest BCUT2D eigenvalue weighted by Gasteiger charge is -2.14. The third kappa shape index (κ3) is 4.63. The average Bonchev–Trinajstić information content (AvgIpc) is 3.42. The molecule has 172 valence electrons. The highest BCUT2D eigenvalue weighted by Gasteiger charge is 2.33. The summed E-state index contributed by atoms with van der Waals surface area (Å²) in [5.41, 5.74) is 4.38. The molecule has 5 rings (SSSR count). The highest BCUT2D eigenvalue weighted by molar-refractivity contribution is 7.23. The zero-order valence-corrected chi connectivity index (χ0v) is 20.0. The quantitative estimate of drug-likeness (QED) is 0.237. The van der Waals surface area contributed by atoms with Gasteiger partial charge in [0, 0.05) is 16.6 Å². The first-order valence-electron chi connectivity index (χ1n) is 10.9. The van der Waals surface area contributed by atoms with E-state index in [9.17, 15) is 9.59 Å². The molecule has 0 aliphatic heterocycles. The van der Waals surface area contributed by atoms with Crippen molar-refractivity contribution in [3.05, 3.63) is 82.5 Å². The van der Waals surface area contributed by atoms with E-state index in [1.165, 1.54) is 0 Å². The lowest BCUT2D eigenvalue weighted by molar-refractivity contribution is 0.0706. The summed E-state index contributed by atoms with van der Waals surface area (Å²) >= 11 is 3.13. The normalized spacial score (nSPS) is 13.9. The molecule has 1 saturated carbocycles. The minimum absolute atomic E-state index is 0.214. The molecule has 7 nitrogen and oxygen atoms in total. The molecular weight excluding hydrogens is 468 g/mol. The summed E-state index contributed by atoms with van der Waals surface area (Å²) in [6.45, 7) is 1.88. The van der Waals surface area contributed by atoms with Crippen LogP contribution in [0.25, 0.3) is 20.5 Å². The van der Waals surface area contributed by atoms with Crippen LogP contribution in [-0.4, -0.2) is 27.0 Å². The Kier molecular flexibility index (Phi) is 6.23. The smallest absolute Gasteiger partial charge is 0.274 e. The molecule has 2 aromatic carbocycles. The first kappa shape index (κ1) is 22.4. The Bertz CT molecular complexity index is 1330. The van der Waals surface area contributed by atoms with Gasteiger partial charge in [-0.05, 0) is 48.9 Å². The van der Waals surface area contributed by atoms with Crippen LogP contribution in [0, 0.1) is 0 Å². The number of nitrogens with one attached hydrogen (secondary N) is 2. The fourth-order valence-corrected chi connectivity index (χ4v) is 5.83. The van der Waals surface area contributed by atoms with Crippen molar-refractivity contribution in [1.82, 2.24) is 20.8 Å². The maximum absolute atomic E-state index is 13.2. The second-order valence-corrected chi connectivity index (χ2v) is 10.2. The number of rotatable bonds is 7. The number of benzene rings is 2. The number of hydrogen-bond donors (Lipinski definition) is 3. The van der Waals surface area contributed by atoms with Crippen LogP contribution < -0.4 is 10.8 Å². The van der Waals surface area contributed by atoms with Crippen LogP contribution in [0.15, 0.2) is 60.8 Å². The van der Waals surface area contributed by atoms with Crippen LogP contribution in [0.1, 0.15) is 63.0 Å². The maximum atomic E-state index is 13.2. The Morgan fingerprint density at radius 1 is 1.00 bits per heavy atom. The van der Waals surface area contributed by atoms with Gasteiger partial charge >= 0.3 is 0 Å². The van der Waals surface area contributed by atoms with Gasteiger partial charge in [-0.15, -0.1) is 22.7 Å². The van der Waals surface area contributed by atoms with Crippen molar-refractivity contribution >= 4 is 34.5 Å². The standard InChI is InChI=1S/C25H22N4O3S2/c1-14(15-7-11-18(12-8-15)22(30)29-32)27-23(31)20-21(17-9-10-17)34-25(28-20)24-26-13-19(33-24)16-5-3-2-4-6-16/h2-8,11-14,17,32H,9-10H2,1H3,(H,27,31)(H,29,30). The van der Waals surface area contributed by atoms with E-state index in [1.807, 2.05) is 31.3 Å². The molecule has 0 spiro atoms. The first-order valence-corrected chi connectivity index (χ1v) is 12.5. The van der Waals surface area contributed by atoms with Crippen molar-refractivity contribution < 1.29 is 14.8 Å². The molecule has 2 aromatic heterocycles. The number of nitrogens with zero attached hydrogens (tertiary/aromatic N) is 2. The van der Waals surface area contributed by atoms with Crippen molar-refractivity contribution in [3.63, 3.8) is 0 Å². The summed E-state index contributed by atoms with van der Waals surface area (Å²) < 4.78 is 0. The second-order valence-electron chi connectivity index (χ2n) is 8.16. The fraction of sp³-hybridized carbons (Fsp3) is 0.200. The average molecular weight is 491 g/mol. The van der Waals surface area contributed by atoms with Gasteiger partial charge in [-0.1, -0.05) is 42.5 Å². The molecular formula is C25H22N4O3S2. The molecule has 0 bridgehead atoms. The molecule has 1 atom stereocenters. The molecule has 1 unspecified atom stereocenters. The summed E-state index contributed by atoms with van der Waals surface area (Å²) in [5.74, 6) is -0.411. The summed E-state index contributed by atoms with van der Waals surface area (Å²) in [6.07, 6.45) is 3.99. The minimum Gasteiger partial charge on any atom is -0.344 e. The Balaban J connectivity index is 1.36. The van der Waals surface area contributed by atoms with Crippen LogP contribution in [-0.2, 0) is 0 Å². The lowest BCUT2D eigenvalue weighted by Crippen LogP contribution is -2.27. The molecule has 1 fully saturated rings. The van der Waals surface area contributed by atoms with Gasteiger partial charge in [0.05, 0.1) is 10.9 Å². The molecule has 3 N–H and O–H groups in total. The van der Waals surface area contributed by atoms with Gasteiger partial charge in [-0.3, -0.25) is 14.8 Å². The number of thiazole rings is 2. The Morgan fingerprint density at radius 3 is 2.41 bits per heavy atom. The zero-order chi connectivity index (χ0) is 23.7. The van der Waals surface area contributed by atoms with E-state index < -0.39 is 5.91 Å². The zero-order valence-electron chi connectivity index (χ0n) is 18.3. The molecule has 34 heavy (non-hydrogen) atoms. The Morgan fingerprint density at radius 2 is 1.74 bits per heavy atom. The van der Waals surface area contributed by atoms with E-state index in [-0.39, 0.29) is 11.9 Å². The molecule has 0 radical (unpaired) electrons. The molecule has 2 amide bonds. The molecule has 1 aliphatic rings. The van der Waals surface area contributed by atoms with Gasteiger partial charge in [-0.25, -0.2) is 15.4 Å². The van der Waals surface area contributed by atoms with Crippen LogP contribution >= 0.6 is 22.7 Å². The number of carbonyl (C=O) groups excluding carboxylic acids is 2. The van der Waals surface area contributed by atoms with E-state index >= 15 is 0 Å². The SMILES string of the molecule is CC(NC(=O)c1nc(-c2ncc(-c3ccccc3)s2)sc1C1CC1)c1ccc(C(=O)NO)cc1. The third-order valence-corrected chi connectivity index (χ3v) is 8.09. The number of hydrogen-bond acceptors (Lipinski definition) is 7.